The highest BCUT2D eigenvalue weighted by Gasteiger charge is 2.25. The molecule has 4 rings (SSSR count). The lowest BCUT2D eigenvalue weighted by molar-refractivity contribution is -0.117. The van der Waals surface area contributed by atoms with E-state index >= 15 is 0 Å². The Morgan fingerprint density at radius 1 is 1.00 bits per heavy atom. The number of hydrogen-bond donors (Lipinski definition) is 0. The number of piperazine rings is 1. The highest BCUT2D eigenvalue weighted by molar-refractivity contribution is 5.99. The zero-order chi connectivity index (χ0) is 19.7. The van der Waals surface area contributed by atoms with E-state index in [1.807, 2.05) is 49.1 Å². The van der Waals surface area contributed by atoms with Gasteiger partial charge in [-0.3, -0.25) is 9.59 Å². The minimum Gasteiger partial charge on any atom is -0.353 e. The lowest BCUT2D eigenvalue weighted by atomic mass is 10.1. The van der Waals surface area contributed by atoms with Crippen LogP contribution in [-0.4, -0.2) is 59.4 Å². The van der Waals surface area contributed by atoms with Crippen LogP contribution in [0.1, 0.15) is 34.7 Å². The number of hydrogen-bond acceptors (Lipinski definition) is 5. The zero-order valence-corrected chi connectivity index (χ0v) is 16.4. The molecule has 7 heteroatoms. The van der Waals surface area contributed by atoms with Crippen molar-refractivity contribution in [1.29, 1.82) is 0 Å². The van der Waals surface area contributed by atoms with Gasteiger partial charge in [0.1, 0.15) is 11.6 Å². The molecule has 0 unspecified atom stereocenters. The summed E-state index contributed by atoms with van der Waals surface area (Å²) in [6.45, 7) is 7.37. The van der Waals surface area contributed by atoms with Crippen LogP contribution in [0, 0.1) is 13.8 Å². The quantitative estimate of drug-likeness (QED) is 0.818. The number of rotatable bonds is 3. The molecule has 1 aromatic carbocycles. The van der Waals surface area contributed by atoms with Crippen molar-refractivity contribution in [3.05, 3.63) is 47.4 Å². The molecule has 2 saturated heterocycles. The van der Waals surface area contributed by atoms with E-state index in [2.05, 4.69) is 14.9 Å². The Balaban J connectivity index is 1.43. The van der Waals surface area contributed by atoms with Crippen molar-refractivity contribution in [2.24, 2.45) is 0 Å². The first-order valence-electron chi connectivity index (χ1n) is 9.78. The Morgan fingerprint density at radius 3 is 2.46 bits per heavy atom. The molecule has 1 aromatic heterocycles. The monoisotopic (exact) mass is 379 g/mol. The summed E-state index contributed by atoms with van der Waals surface area (Å²) in [5.74, 6) is 1.84. The van der Waals surface area contributed by atoms with Gasteiger partial charge in [-0.1, -0.05) is 6.07 Å². The Kier molecular flexibility index (Phi) is 4.98. The zero-order valence-electron chi connectivity index (χ0n) is 16.4. The molecule has 0 saturated carbocycles. The van der Waals surface area contributed by atoms with Gasteiger partial charge in [0.2, 0.25) is 5.91 Å². The Bertz CT molecular complexity index is 885. The SMILES string of the molecule is Cc1cc(N2CCN(C(=O)c3cccc(N4CCCC4=O)c3)CC2)nc(C)n1. The third-order valence-electron chi connectivity index (χ3n) is 5.32. The van der Waals surface area contributed by atoms with Crippen LogP contribution in [0.15, 0.2) is 30.3 Å². The Hall–Kier alpha value is -2.96. The van der Waals surface area contributed by atoms with Crippen LogP contribution < -0.4 is 9.80 Å². The Labute approximate surface area is 165 Å². The molecular weight excluding hydrogens is 354 g/mol. The Morgan fingerprint density at radius 2 is 1.79 bits per heavy atom. The minimum atomic E-state index is 0.0168. The van der Waals surface area contributed by atoms with Gasteiger partial charge in [-0.05, 0) is 38.5 Å². The van der Waals surface area contributed by atoms with Crippen molar-refractivity contribution >= 4 is 23.3 Å². The van der Waals surface area contributed by atoms with Gasteiger partial charge in [0.15, 0.2) is 0 Å². The molecule has 146 valence electrons. The number of aromatic nitrogens is 2. The van der Waals surface area contributed by atoms with E-state index in [4.69, 9.17) is 0 Å². The van der Waals surface area contributed by atoms with Gasteiger partial charge < -0.3 is 14.7 Å². The fourth-order valence-corrected chi connectivity index (χ4v) is 3.91. The predicted octanol–water partition coefficient (Wildman–Crippen LogP) is 2.18. The summed E-state index contributed by atoms with van der Waals surface area (Å²) < 4.78 is 0. The van der Waals surface area contributed by atoms with Crippen LogP contribution in [0.25, 0.3) is 0 Å². The van der Waals surface area contributed by atoms with Gasteiger partial charge in [0.05, 0.1) is 0 Å². The summed E-state index contributed by atoms with van der Waals surface area (Å²) in [6, 6.07) is 9.42. The second-order valence-corrected chi connectivity index (χ2v) is 7.39. The fraction of sp³-hybridized carbons (Fsp3) is 0.429. The maximum atomic E-state index is 13.0. The summed E-state index contributed by atoms with van der Waals surface area (Å²) in [4.78, 5) is 39.7. The molecule has 0 radical (unpaired) electrons. The lowest BCUT2D eigenvalue weighted by Crippen LogP contribution is -2.49. The van der Waals surface area contributed by atoms with Crippen LogP contribution in [0.3, 0.4) is 0 Å². The first kappa shape index (κ1) is 18.4. The second kappa shape index (κ2) is 7.58. The molecule has 0 spiro atoms. The average molecular weight is 379 g/mol. The molecule has 2 amide bonds. The molecule has 7 nitrogen and oxygen atoms in total. The number of carbonyl (C=O) groups excluding carboxylic acids is 2. The van der Waals surface area contributed by atoms with E-state index in [-0.39, 0.29) is 11.8 Å². The van der Waals surface area contributed by atoms with Crippen molar-refractivity contribution < 1.29 is 9.59 Å². The third kappa shape index (κ3) is 3.69. The molecule has 0 aliphatic carbocycles. The van der Waals surface area contributed by atoms with Gasteiger partial charge >= 0.3 is 0 Å². The molecule has 2 aliphatic heterocycles. The number of anilines is 2. The summed E-state index contributed by atoms with van der Waals surface area (Å²) in [6.07, 6.45) is 1.46. The third-order valence-corrected chi connectivity index (χ3v) is 5.32. The second-order valence-electron chi connectivity index (χ2n) is 7.39. The summed E-state index contributed by atoms with van der Waals surface area (Å²) in [5.41, 5.74) is 2.41. The van der Waals surface area contributed by atoms with Crippen molar-refractivity contribution in [3.63, 3.8) is 0 Å². The van der Waals surface area contributed by atoms with E-state index in [0.29, 0.717) is 25.1 Å². The normalized spacial score (nSPS) is 17.4. The number of carbonyl (C=O) groups is 2. The van der Waals surface area contributed by atoms with Gasteiger partial charge in [0.25, 0.3) is 5.91 Å². The van der Waals surface area contributed by atoms with Crippen molar-refractivity contribution in [1.82, 2.24) is 14.9 Å². The number of nitrogens with zero attached hydrogens (tertiary/aromatic N) is 5. The van der Waals surface area contributed by atoms with E-state index in [1.54, 1.807) is 4.90 Å². The maximum absolute atomic E-state index is 13.0. The smallest absolute Gasteiger partial charge is 0.254 e. The van der Waals surface area contributed by atoms with Crippen LogP contribution in [-0.2, 0) is 4.79 Å². The molecule has 2 fully saturated rings. The van der Waals surface area contributed by atoms with E-state index < -0.39 is 0 Å². The maximum Gasteiger partial charge on any atom is 0.254 e. The van der Waals surface area contributed by atoms with Crippen LogP contribution >= 0.6 is 0 Å². The first-order chi connectivity index (χ1) is 13.5. The lowest BCUT2D eigenvalue weighted by Gasteiger charge is -2.35. The topological polar surface area (TPSA) is 69.6 Å². The summed E-state index contributed by atoms with van der Waals surface area (Å²) >= 11 is 0. The van der Waals surface area contributed by atoms with Gasteiger partial charge in [-0.15, -0.1) is 0 Å². The summed E-state index contributed by atoms with van der Waals surface area (Å²) in [5, 5.41) is 0. The molecule has 28 heavy (non-hydrogen) atoms. The van der Waals surface area contributed by atoms with Gasteiger partial charge in [-0.2, -0.15) is 0 Å². The molecule has 3 heterocycles. The summed E-state index contributed by atoms with van der Waals surface area (Å²) in [7, 11) is 0. The van der Waals surface area contributed by atoms with Crippen LogP contribution in [0.2, 0.25) is 0 Å². The van der Waals surface area contributed by atoms with E-state index in [0.717, 1.165) is 49.1 Å². The molecule has 0 bridgehead atoms. The standard InChI is InChI=1S/C21H25N5O2/c1-15-13-19(23-16(2)22-15)24-9-11-25(12-10-24)21(28)17-5-3-6-18(14-17)26-8-4-7-20(26)27/h3,5-6,13-14H,4,7-12H2,1-2H3. The van der Waals surface area contributed by atoms with Crippen LogP contribution in [0.5, 0.6) is 0 Å². The number of aryl methyl sites for hydroxylation is 2. The minimum absolute atomic E-state index is 0.0168. The number of amides is 2. The molecule has 0 N–H and O–H groups in total. The van der Waals surface area contributed by atoms with E-state index in [1.165, 1.54) is 0 Å². The average Bonchev–Trinajstić information content (AvgIpc) is 3.13. The highest BCUT2D eigenvalue weighted by Crippen LogP contribution is 2.23. The van der Waals surface area contributed by atoms with Gasteiger partial charge in [0, 0.05) is 62.2 Å². The number of benzene rings is 1. The van der Waals surface area contributed by atoms with Crippen molar-refractivity contribution in [3.8, 4) is 0 Å². The molecule has 2 aromatic rings. The van der Waals surface area contributed by atoms with Crippen molar-refractivity contribution in [2.75, 3.05) is 42.5 Å². The molecule has 2 aliphatic rings. The fourth-order valence-electron chi connectivity index (χ4n) is 3.91. The van der Waals surface area contributed by atoms with Crippen LogP contribution in [0.4, 0.5) is 11.5 Å². The van der Waals surface area contributed by atoms with Crippen molar-refractivity contribution in [2.45, 2.75) is 26.7 Å². The van der Waals surface area contributed by atoms with Gasteiger partial charge in [-0.25, -0.2) is 9.97 Å². The molecule has 0 atom stereocenters. The first-order valence-corrected chi connectivity index (χ1v) is 9.78. The molecular formula is C21H25N5O2. The predicted molar refractivity (Wildman–Crippen MR) is 108 cm³/mol. The largest absolute Gasteiger partial charge is 0.353 e. The van der Waals surface area contributed by atoms with E-state index in [9.17, 15) is 9.59 Å². The highest BCUT2D eigenvalue weighted by atomic mass is 16.2.